The number of aromatic nitrogens is 1. The molecule has 1 heterocycles. The Kier molecular flexibility index (Phi) is 2.83. The second-order valence-corrected chi connectivity index (χ2v) is 4.23. The lowest BCUT2D eigenvalue weighted by Crippen LogP contribution is -1.96. The van der Waals surface area contributed by atoms with Crippen LogP contribution in [0.5, 0.6) is 11.5 Å². The molecular weight excluding hydrogens is 245 g/mol. The Labute approximate surface area is 109 Å². The summed E-state index contributed by atoms with van der Waals surface area (Å²) in [6.45, 7) is 0.193. The summed E-state index contributed by atoms with van der Waals surface area (Å²) in [4.78, 5) is 3.05. The van der Waals surface area contributed by atoms with Gasteiger partial charge in [-0.1, -0.05) is 18.2 Å². The fourth-order valence-electron chi connectivity index (χ4n) is 2.07. The number of rotatable bonds is 3. The molecule has 0 saturated carbocycles. The van der Waals surface area contributed by atoms with Crippen LogP contribution in [0.25, 0.3) is 10.9 Å². The van der Waals surface area contributed by atoms with Gasteiger partial charge in [-0.05, 0) is 24.3 Å². The molecule has 0 atom stereocenters. The number of ether oxygens (including phenoxy) is 1. The van der Waals surface area contributed by atoms with Crippen molar-refractivity contribution in [1.82, 2.24) is 4.98 Å². The highest BCUT2D eigenvalue weighted by molar-refractivity contribution is 5.88. The van der Waals surface area contributed by atoms with E-state index in [1.165, 1.54) is 6.07 Å². The van der Waals surface area contributed by atoms with Crippen LogP contribution in [0.15, 0.2) is 48.7 Å². The number of aromatic amines is 1. The maximum absolute atomic E-state index is 13.4. The third kappa shape index (κ3) is 2.12. The zero-order valence-corrected chi connectivity index (χ0v) is 10.1. The van der Waals surface area contributed by atoms with Gasteiger partial charge in [0.05, 0.1) is 0 Å². The normalized spacial score (nSPS) is 10.8. The number of para-hydroxylation sites is 1. The van der Waals surface area contributed by atoms with Gasteiger partial charge in [0.2, 0.25) is 0 Å². The van der Waals surface area contributed by atoms with Crippen LogP contribution in [0.4, 0.5) is 4.39 Å². The average Bonchev–Trinajstić information content (AvgIpc) is 2.83. The van der Waals surface area contributed by atoms with Crippen LogP contribution >= 0.6 is 0 Å². The minimum atomic E-state index is -0.397. The second kappa shape index (κ2) is 4.65. The largest absolute Gasteiger partial charge is 0.507 e. The van der Waals surface area contributed by atoms with Crippen LogP contribution in [0.2, 0.25) is 0 Å². The van der Waals surface area contributed by atoms with E-state index in [1.807, 2.05) is 6.07 Å². The van der Waals surface area contributed by atoms with E-state index in [9.17, 15) is 9.50 Å². The van der Waals surface area contributed by atoms with Gasteiger partial charge >= 0.3 is 0 Å². The molecule has 0 spiro atoms. The Morgan fingerprint density at radius 3 is 2.79 bits per heavy atom. The summed E-state index contributed by atoms with van der Waals surface area (Å²) in [5.41, 5.74) is 1.61. The number of phenols is 1. The molecular formula is C15H12FNO2. The molecule has 0 aliphatic carbocycles. The Bertz CT molecular complexity index is 721. The Hall–Kier alpha value is -2.49. The molecule has 0 fully saturated rings. The van der Waals surface area contributed by atoms with Crippen molar-refractivity contribution in [2.75, 3.05) is 0 Å². The first-order valence-corrected chi connectivity index (χ1v) is 5.91. The maximum Gasteiger partial charge on any atom is 0.165 e. The summed E-state index contributed by atoms with van der Waals surface area (Å²) < 4.78 is 18.9. The Morgan fingerprint density at radius 1 is 1.11 bits per heavy atom. The monoisotopic (exact) mass is 257 g/mol. The van der Waals surface area contributed by atoms with Gasteiger partial charge in [0.15, 0.2) is 11.6 Å². The van der Waals surface area contributed by atoms with Crippen LogP contribution in [-0.4, -0.2) is 10.1 Å². The smallest absolute Gasteiger partial charge is 0.165 e. The van der Waals surface area contributed by atoms with Gasteiger partial charge in [-0.2, -0.15) is 0 Å². The molecule has 3 rings (SSSR count). The molecule has 2 aromatic carbocycles. The van der Waals surface area contributed by atoms with Crippen molar-refractivity contribution in [3.63, 3.8) is 0 Å². The highest BCUT2D eigenvalue weighted by atomic mass is 19.1. The van der Waals surface area contributed by atoms with E-state index in [0.29, 0.717) is 5.39 Å². The SMILES string of the molecule is Oc1cccc2[nH]cc(COc3ccccc3F)c12. The molecule has 3 nitrogen and oxygen atoms in total. The number of aromatic hydroxyl groups is 1. The minimum absolute atomic E-state index is 0.186. The van der Waals surface area contributed by atoms with E-state index >= 15 is 0 Å². The quantitative estimate of drug-likeness (QED) is 0.753. The minimum Gasteiger partial charge on any atom is -0.507 e. The van der Waals surface area contributed by atoms with Crippen LogP contribution < -0.4 is 4.74 Å². The Balaban J connectivity index is 1.89. The molecule has 0 saturated heterocycles. The standard InChI is InChI=1S/C15H12FNO2/c16-11-4-1-2-7-14(11)19-9-10-8-17-12-5-3-6-13(18)15(10)12/h1-8,17-18H,9H2. The lowest BCUT2D eigenvalue weighted by Gasteiger charge is -2.06. The van der Waals surface area contributed by atoms with Crippen molar-refractivity contribution in [3.8, 4) is 11.5 Å². The molecule has 96 valence electrons. The predicted molar refractivity (Wildman–Crippen MR) is 70.7 cm³/mol. The van der Waals surface area contributed by atoms with E-state index < -0.39 is 5.82 Å². The molecule has 2 N–H and O–H groups in total. The van der Waals surface area contributed by atoms with Gasteiger partial charge in [-0.15, -0.1) is 0 Å². The van der Waals surface area contributed by atoms with Gasteiger partial charge in [-0.3, -0.25) is 0 Å². The predicted octanol–water partition coefficient (Wildman–Crippen LogP) is 3.59. The van der Waals surface area contributed by atoms with Gasteiger partial charge in [-0.25, -0.2) is 4.39 Å². The average molecular weight is 257 g/mol. The highest BCUT2D eigenvalue weighted by Gasteiger charge is 2.09. The van der Waals surface area contributed by atoms with Crippen LogP contribution in [0, 0.1) is 5.82 Å². The second-order valence-electron chi connectivity index (χ2n) is 4.23. The van der Waals surface area contributed by atoms with Crippen LogP contribution in [0.1, 0.15) is 5.56 Å². The van der Waals surface area contributed by atoms with Crippen molar-refractivity contribution in [2.45, 2.75) is 6.61 Å². The summed E-state index contributed by atoms with van der Waals surface area (Å²) in [7, 11) is 0. The first-order valence-electron chi connectivity index (χ1n) is 5.91. The number of phenolic OH excluding ortho intramolecular Hbond substituents is 1. The molecule has 4 heteroatoms. The number of nitrogens with one attached hydrogen (secondary N) is 1. The van der Waals surface area contributed by atoms with E-state index in [-0.39, 0.29) is 18.1 Å². The van der Waals surface area contributed by atoms with Crippen molar-refractivity contribution in [3.05, 3.63) is 60.0 Å². The molecule has 19 heavy (non-hydrogen) atoms. The zero-order valence-electron chi connectivity index (χ0n) is 10.1. The number of hydrogen-bond donors (Lipinski definition) is 2. The number of benzene rings is 2. The first-order chi connectivity index (χ1) is 9.25. The van der Waals surface area contributed by atoms with Crippen molar-refractivity contribution in [1.29, 1.82) is 0 Å². The fraction of sp³-hybridized carbons (Fsp3) is 0.0667. The number of halogens is 1. The number of H-pyrrole nitrogens is 1. The van der Waals surface area contributed by atoms with Crippen molar-refractivity contribution < 1.29 is 14.2 Å². The molecule has 0 unspecified atom stereocenters. The topological polar surface area (TPSA) is 45.2 Å². The summed E-state index contributed by atoms with van der Waals surface area (Å²) in [5, 5.41) is 10.6. The molecule has 3 aromatic rings. The fourth-order valence-corrected chi connectivity index (χ4v) is 2.07. The third-order valence-corrected chi connectivity index (χ3v) is 2.99. The van der Waals surface area contributed by atoms with Gasteiger partial charge in [0, 0.05) is 22.7 Å². The molecule has 0 radical (unpaired) electrons. The van der Waals surface area contributed by atoms with Gasteiger partial charge in [0.25, 0.3) is 0 Å². The molecule has 0 aliphatic heterocycles. The Morgan fingerprint density at radius 2 is 1.95 bits per heavy atom. The zero-order chi connectivity index (χ0) is 13.2. The highest BCUT2D eigenvalue weighted by Crippen LogP contribution is 2.28. The number of hydrogen-bond acceptors (Lipinski definition) is 2. The van der Waals surface area contributed by atoms with Crippen molar-refractivity contribution >= 4 is 10.9 Å². The van der Waals surface area contributed by atoms with Crippen molar-refractivity contribution in [2.24, 2.45) is 0 Å². The third-order valence-electron chi connectivity index (χ3n) is 2.99. The van der Waals surface area contributed by atoms with E-state index in [1.54, 1.807) is 36.5 Å². The van der Waals surface area contributed by atoms with E-state index in [0.717, 1.165) is 11.1 Å². The van der Waals surface area contributed by atoms with Gasteiger partial charge < -0.3 is 14.8 Å². The first kappa shape index (κ1) is 11.6. The van der Waals surface area contributed by atoms with E-state index in [4.69, 9.17) is 4.74 Å². The summed E-state index contributed by atoms with van der Waals surface area (Å²) in [6, 6.07) is 11.5. The lowest BCUT2D eigenvalue weighted by molar-refractivity contribution is 0.291. The van der Waals surface area contributed by atoms with Gasteiger partial charge in [0.1, 0.15) is 12.4 Å². The molecule has 1 aromatic heterocycles. The maximum atomic E-state index is 13.4. The summed E-state index contributed by atoms with van der Waals surface area (Å²) in [6.07, 6.45) is 1.76. The summed E-state index contributed by atoms with van der Waals surface area (Å²) >= 11 is 0. The molecule has 0 bridgehead atoms. The van der Waals surface area contributed by atoms with Crippen LogP contribution in [-0.2, 0) is 6.61 Å². The van der Waals surface area contributed by atoms with E-state index in [2.05, 4.69) is 4.98 Å². The molecule has 0 aliphatic rings. The number of fused-ring (bicyclic) bond motifs is 1. The molecule has 0 amide bonds. The van der Waals surface area contributed by atoms with Crippen LogP contribution in [0.3, 0.4) is 0 Å². The lowest BCUT2D eigenvalue weighted by atomic mass is 10.1. The summed E-state index contributed by atoms with van der Waals surface area (Å²) in [5.74, 6) is -0.00952.